The Morgan fingerprint density at radius 1 is 1.53 bits per heavy atom. The summed E-state index contributed by atoms with van der Waals surface area (Å²) in [6.07, 6.45) is 3.67. The van der Waals surface area contributed by atoms with Crippen molar-refractivity contribution in [1.29, 1.82) is 0 Å². The van der Waals surface area contributed by atoms with Crippen LogP contribution in [0, 0.1) is 6.92 Å². The molecule has 0 bridgehead atoms. The Hall–Kier alpha value is -1.88. The molecule has 5 nitrogen and oxygen atoms in total. The molecule has 0 saturated carbocycles. The molecule has 0 fully saturated rings. The zero-order valence-corrected chi connectivity index (χ0v) is 11.8. The van der Waals surface area contributed by atoms with E-state index in [4.69, 9.17) is 0 Å². The van der Waals surface area contributed by atoms with Crippen LogP contribution in [0.25, 0.3) is 5.65 Å². The molecular weight excluding hydrogens is 240 g/mol. The zero-order valence-electron chi connectivity index (χ0n) is 11.8. The molecule has 0 aliphatic heterocycles. The van der Waals surface area contributed by atoms with Crippen molar-refractivity contribution in [3.63, 3.8) is 0 Å². The van der Waals surface area contributed by atoms with E-state index in [1.54, 1.807) is 6.20 Å². The van der Waals surface area contributed by atoms with Crippen molar-refractivity contribution >= 4 is 11.6 Å². The Bertz CT molecular complexity index is 588. The van der Waals surface area contributed by atoms with E-state index in [1.807, 2.05) is 43.7 Å². The predicted molar refractivity (Wildman–Crippen MR) is 75.4 cm³/mol. The Morgan fingerprint density at radius 3 is 2.95 bits per heavy atom. The fraction of sp³-hybridized carbons (Fsp3) is 0.429. The van der Waals surface area contributed by atoms with E-state index in [0.717, 1.165) is 11.2 Å². The lowest BCUT2D eigenvalue weighted by Gasteiger charge is -2.19. The highest BCUT2D eigenvalue weighted by atomic mass is 16.1. The van der Waals surface area contributed by atoms with E-state index < -0.39 is 0 Å². The van der Waals surface area contributed by atoms with Crippen LogP contribution in [0.4, 0.5) is 0 Å². The molecule has 0 unspecified atom stereocenters. The number of fused-ring (bicyclic) bond motifs is 1. The maximum absolute atomic E-state index is 12.0. The molecule has 0 spiro atoms. The molecule has 1 atom stereocenters. The quantitative estimate of drug-likeness (QED) is 0.902. The number of aryl methyl sites for hydroxylation is 1. The summed E-state index contributed by atoms with van der Waals surface area (Å²) in [4.78, 5) is 18.4. The number of amides is 1. The summed E-state index contributed by atoms with van der Waals surface area (Å²) in [6, 6.07) is 4.24. The molecule has 5 heteroatoms. The van der Waals surface area contributed by atoms with Gasteiger partial charge in [0.2, 0.25) is 0 Å². The molecule has 2 aromatic heterocycles. The van der Waals surface area contributed by atoms with Gasteiger partial charge in [-0.3, -0.25) is 4.79 Å². The topological polar surface area (TPSA) is 49.6 Å². The van der Waals surface area contributed by atoms with E-state index >= 15 is 0 Å². The molecule has 2 aromatic rings. The first-order chi connectivity index (χ1) is 8.97. The van der Waals surface area contributed by atoms with Gasteiger partial charge in [-0.2, -0.15) is 0 Å². The monoisotopic (exact) mass is 260 g/mol. The van der Waals surface area contributed by atoms with Gasteiger partial charge in [0, 0.05) is 25.0 Å². The number of hydrogen-bond acceptors (Lipinski definition) is 3. The molecule has 2 rings (SSSR count). The molecule has 0 saturated heterocycles. The third-order valence-electron chi connectivity index (χ3n) is 3.29. The van der Waals surface area contributed by atoms with Crippen LogP contribution in [-0.2, 0) is 0 Å². The lowest BCUT2D eigenvalue weighted by Crippen LogP contribution is -2.38. The van der Waals surface area contributed by atoms with Crippen molar-refractivity contribution < 1.29 is 4.79 Å². The molecule has 102 valence electrons. The first kappa shape index (κ1) is 13.5. The van der Waals surface area contributed by atoms with Gasteiger partial charge in [-0.05, 0) is 45.6 Å². The zero-order chi connectivity index (χ0) is 14.0. The molecule has 0 aromatic carbocycles. The summed E-state index contributed by atoms with van der Waals surface area (Å²) in [6.45, 7) is 4.68. The van der Waals surface area contributed by atoms with Gasteiger partial charge in [-0.1, -0.05) is 0 Å². The van der Waals surface area contributed by atoms with Gasteiger partial charge in [0.05, 0.1) is 0 Å². The van der Waals surface area contributed by atoms with Gasteiger partial charge < -0.3 is 14.6 Å². The van der Waals surface area contributed by atoms with Crippen LogP contribution in [0.5, 0.6) is 0 Å². The van der Waals surface area contributed by atoms with Crippen LogP contribution in [0.2, 0.25) is 0 Å². The Kier molecular flexibility index (Phi) is 3.85. The summed E-state index contributed by atoms with van der Waals surface area (Å²) in [5, 5.41) is 2.90. The van der Waals surface area contributed by atoms with Crippen LogP contribution < -0.4 is 5.32 Å². The molecule has 19 heavy (non-hydrogen) atoms. The highest BCUT2D eigenvalue weighted by Gasteiger charge is 2.12. The predicted octanol–water partition coefficient (Wildman–Crippen LogP) is 1.32. The standard InChI is InChI=1S/C14H20N4O/c1-10-5-6-18-9-12(16-13(18)7-10)14(19)15-8-11(2)17(3)4/h5-7,9,11H,8H2,1-4H3,(H,15,19)/t11-/m1/s1. The summed E-state index contributed by atoms with van der Waals surface area (Å²) < 4.78 is 1.86. The number of hydrogen-bond donors (Lipinski definition) is 1. The van der Waals surface area contributed by atoms with Crippen molar-refractivity contribution in [3.05, 3.63) is 35.8 Å². The van der Waals surface area contributed by atoms with Gasteiger partial charge in [0.25, 0.3) is 5.91 Å². The average Bonchev–Trinajstić information content (AvgIpc) is 2.78. The summed E-state index contributed by atoms with van der Waals surface area (Å²) in [5.41, 5.74) is 2.38. The Morgan fingerprint density at radius 2 is 2.26 bits per heavy atom. The molecule has 1 amide bonds. The van der Waals surface area contributed by atoms with Gasteiger partial charge >= 0.3 is 0 Å². The Balaban J connectivity index is 2.09. The first-order valence-electron chi connectivity index (χ1n) is 6.37. The van der Waals surface area contributed by atoms with E-state index in [-0.39, 0.29) is 5.91 Å². The van der Waals surface area contributed by atoms with Crippen molar-refractivity contribution in [1.82, 2.24) is 19.6 Å². The van der Waals surface area contributed by atoms with Crippen LogP contribution in [-0.4, -0.2) is 46.9 Å². The van der Waals surface area contributed by atoms with Crippen molar-refractivity contribution in [3.8, 4) is 0 Å². The second-order valence-corrected chi connectivity index (χ2v) is 5.12. The lowest BCUT2D eigenvalue weighted by atomic mass is 10.3. The van der Waals surface area contributed by atoms with Crippen molar-refractivity contribution in [2.24, 2.45) is 0 Å². The smallest absolute Gasteiger partial charge is 0.271 e. The molecule has 2 heterocycles. The minimum absolute atomic E-state index is 0.130. The molecule has 0 aliphatic carbocycles. The highest BCUT2D eigenvalue weighted by Crippen LogP contribution is 2.07. The third kappa shape index (κ3) is 3.12. The number of rotatable bonds is 4. The lowest BCUT2D eigenvalue weighted by molar-refractivity contribution is 0.0939. The Labute approximate surface area is 113 Å². The van der Waals surface area contributed by atoms with Gasteiger partial charge in [0.1, 0.15) is 11.3 Å². The largest absolute Gasteiger partial charge is 0.349 e. The molecule has 0 aliphatic rings. The minimum atomic E-state index is -0.130. The number of nitrogens with one attached hydrogen (secondary N) is 1. The normalized spacial score (nSPS) is 12.9. The van der Waals surface area contributed by atoms with Crippen LogP contribution in [0.1, 0.15) is 23.0 Å². The number of carbonyl (C=O) groups is 1. The fourth-order valence-corrected chi connectivity index (χ4v) is 1.71. The maximum atomic E-state index is 12.0. The first-order valence-corrected chi connectivity index (χ1v) is 6.37. The number of imidazole rings is 1. The number of carbonyl (C=O) groups excluding carboxylic acids is 1. The second kappa shape index (κ2) is 5.40. The summed E-state index contributed by atoms with van der Waals surface area (Å²) >= 11 is 0. The second-order valence-electron chi connectivity index (χ2n) is 5.12. The maximum Gasteiger partial charge on any atom is 0.271 e. The van der Waals surface area contributed by atoms with E-state index in [2.05, 4.69) is 22.1 Å². The molecule has 1 N–H and O–H groups in total. The van der Waals surface area contributed by atoms with E-state index in [0.29, 0.717) is 18.3 Å². The van der Waals surface area contributed by atoms with Gasteiger partial charge in [-0.25, -0.2) is 4.98 Å². The van der Waals surface area contributed by atoms with Crippen molar-refractivity contribution in [2.75, 3.05) is 20.6 Å². The van der Waals surface area contributed by atoms with Crippen LogP contribution >= 0.6 is 0 Å². The highest BCUT2D eigenvalue weighted by molar-refractivity contribution is 5.92. The van der Waals surface area contributed by atoms with E-state index in [9.17, 15) is 4.79 Å². The van der Waals surface area contributed by atoms with Gasteiger partial charge in [-0.15, -0.1) is 0 Å². The summed E-state index contributed by atoms with van der Waals surface area (Å²) in [7, 11) is 3.98. The number of likely N-dealkylation sites (N-methyl/N-ethyl adjacent to an activating group) is 1. The third-order valence-corrected chi connectivity index (χ3v) is 3.29. The average molecular weight is 260 g/mol. The molecule has 0 radical (unpaired) electrons. The van der Waals surface area contributed by atoms with Crippen LogP contribution in [0.15, 0.2) is 24.5 Å². The summed E-state index contributed by atoms with van der Waals surface area (Å²) in [5.74, 6) is -0.130. The van der Waals surface area contributed by atoms with Crippen molar-refractivity contribution in [2.45, 2.75) is 19.9 Å². The number of pyridine rings is 1. The molecular formula is C14H20N4O. The number of nitrogens with zero attached hydrogens (tertiary/aromatic N) is 3. The SMILES string of the molecule is Cc1ccn2cc(C(=O)NC[C@@H](C)N(C)C)nc2c1. The fourth-order valence-electron chi connectivity index (χ4n) is 1.71. The number of aromatic nitrogens is 2. The van der Waals surface area contributed by atoms with Crippen LogP contribution in [0.3, 0.4) is 0 Å². The minimum Gasteiger partial charge on any atom is -0.349 e. The van der Waals surface area contributed by atoms with Gasteiger partial charge in [0.15, 0.2) is 0 Å². The van der Waals surface area contributed by atoms with E-state index in [1.165, 1.54) is 0 Å².